The third-order valence-corrected chi connectivity index (χ3v) is 21.0. The normalized spacial score (nSPS) is 54.1. The molecular formula is C53H86O21. The predicted molar refractivity (Wildman–Crippen MR) is 255 cm³/mol. The Morgan fingerprint density at radius 1 is 0.635 bits per heavy atom. The number of fused-ring (bicyclic) bond motifs is 7. The molecule has 74 heavy (non-hydrogen) atoms. The lowest BCUT2D eigenvalue weighted by molar-refractivity contribution is -0.361. The molecule has 4 saturated carbocycles. The number of esters is 1. The van der Waals surface area contributed by atoms with E-state index in [1.165, 1.54) is 12.5 Å². The zero-order valence-electron chi connectivity index (χ0n) is 44.1. The van der Waals surface area contributed by atoms with Gasteiger partial charge in [0, 0.05) is 0 Å². The lowest BCUT2D eigenvalue weighted by Crippen LogP contribution is -2.66. The van der Waals surface area contributed by atoms with Crippen molar-refractivity contribution in [2.24, 2.45) is 50.2 Å². The number of aliphatic hydroxyl groups is 12. The highest BCUT2D eigenvalue weighted by molar-refractivity contribution is 5.79. The molecule has 8 fully saturated rings. The fourth-order valence-electron chi connectivity index (χ4n) is 16.1. The average Bonchev–Trinajstić information content (AvgIpc) is 3.34. The Morgan fingerprint density at radius 2 is 1.27 bits per heavy atom. The van der Waals surface area contributed by atoms with Crippen molar-refractivity contribution in [3.63, 3.8) is 0 Å². The van der Waals surface area contributed by atoms with Crippen molar-refractivity contribution in [1.82, 2.24) is 0 Å². The van der Waals surface area contributed by atoms with E-state index in [9.17, 15) is 61.3 Å². The second-order valence-corrected chi connectivity index (χ2v) is 25.8. The molecule has 4 saturated heterocycles. The first-order valence-electron chi connectivity index (χ1n) is 27.1. The van der Waals surface area contributed by atoms with Gasteiger partial charge in [-0.2, -0.15) is 0 Å². The largest absolute Gasteiger partial charge is 0.432 e. The van der Waals surface area contributed by atoms with Crippen LogP contribution in [0.15, 0.2) is 11.6 Å². The van der Waals surface area contributed by atoms with E-state index in [1.54, 1.807) is 0 Å². The first kappa shape index (κ1) is 57.1. The Kier molecular flexibility index (Phi) is 15.8. The number of carbonyl (C=O) groups excluding carboxylic acids is 1. The fraction of sp³-hybridized carbons (Fsp3) is 0.943. The molecule has 0 unspecified atom stereocenters. The van der Waals surface area contributed by atoms with Crippen LogP contribution in [-0.4, -0.2) is 210 Å². The molecule has 0 spiro atoms. The van der Waals surface area contributed by atoms with Crippen LogP contribution in [0.3, 0.4) is 0 Å². The summed E-state index contributed by atoms with van der Waals surface area (Å²) in [7, 11) is 0. The summed E-state index contributed by atoms with van der Waals surface area (Å²) in [6.07, 6.45) is -19.6. The minimum Gasteiger partial charge on any atom is -0.432 e. The monoisotopic (exact) mass is 1060 g/mol. The second-order valence-electron chi connectivity index (χ2n) is 25.8. The number of allylic oxidation sites excluding steroid dienone is 2. The van der Waals surface area contributed by atoms with E-state index in [0.29, 0.717) is 25.2 Å². The minimum absolute atomic E-state index is 0.0778. The van der Waals surface area contributed by atoms with Crippen LogP contribution >= 0.6 is 0 Å². The molecule has 0 aromatic rings. The quantitative estimate of drug-likeness (QED) is 0.0755. The van der Waals surface area contributed by atoms with Crippen LogP contribution in [0.25, 0.3) is 0 Å². The van der Waals surface area contributed by atoms with Crippen LogP contribution < -0.4 is 0 Å². The van der Waals surface area contributed by atoms with E-state index >= 15 is 4.79 Å². The molecule has 9 aliphatic rings. The standard InChI is InChI=1S/C53H86O21/c1-23-32(56)35(59)39(63)45(69-23)73-42-27(20-54)70-43(41(65)37(42)61)68-22-28-34(58)36(60)40(64)46(71-28)74-47(66)53-17-15-48(2,3)19-25(53)24-9-10-30-50(6)13-12-31(72-44-38(62)33(57)26(55)21-67-44)49(4,5)29(50)11-14-52(30,8)51(24,7)16-18-53/h9,23,25-46,54-65H,10-22H2,1-8H3/t23-,25-,26-,27+,28+,29-,30+,31-,32-,33-,34+,35+,36-,37+,38+,39+,40+,41+,42+,43+,44+,45-,46-,50-,51+,52+,53-/m0/s1. The van der Waals surface area contributed by atoms with Gasteiger partial charge >= 0.3 is 5.97 Å². The van der Waals surface area contributed by atoms with Gasteiger partial charge in [-0.05, 0) is 116 Å². The first-order valence-corrected chi connectivity index (χ1v) is 27.1. The summed E-state index contributed by atoms with van der Waals surface area (Å²) in [5.74, 6) is -0.203. The molecule has 21 heteroatoms. The summed E-state index contributed by atoms with van der Waals surface area (Å²) in [6.45, 7) is 16.1. The van der Waals surface area contributed by atoms with Crippen LogP contribution in [0.1, 0.15) is 120 Å². The number of carbonyl (C=O) groups is 1. The summed E-state index contributed by atoms with van der Waals surface area (Å²) in [5.41, 5.74) is -0.647. The fourth-order valence-corrected chi connectivity index (χ4v) is 16.1. The number of ether oxygens (including phenoxy) is 8. The molecule has 4 aliphatic heterocycles. The van der Waals surface area contributed by atoms with Crippen molar-refractivity contribution < 1.29 is 104 Å². The molecule has 0 aromatic carbocycles. The van der Waals surface area contributed by atoms with E-state index in [4.69, 9.17) is 37.9 Å². The molecule has 12 N–H and O–H groups in total. The Labute approximate surface area is 433 Å². The number of hydrogen-bond acceptors (Lipinski definition) is 21. The van der Waals surface area contributed by atoms with Gasteiger partial charge in [0.1, 0.15) is 85.5 Å². The van der Waals surface area contributed by atoms with Crippen molar-refractivity contribution in [2.75, 3.05) is 19.8 Å². The third-order valence-electron chi connectivity index (χ3n) is 21.0. The van der Waals surface area contributed by atoms with Crippen molar-refractivity contribution in [3.05, 3.63) is 11.6 Å². The van der Waals surface area contributed by atoms with Gasteiger partial charge in [-0.25, -0.2) is 0 Å². The summed E-state index contributed by atoms with van der Waals surface area (Å²) < 4.78 is 47.1. The maximum absolute atomic E-state index is 15.1. The second kappa shape index (κ2) is 20.5. The highest BCUT2D eigenvalue weighted by atomic mass is 16.8. The molecule has 27 atom stereocenters. The van der Waals surface area contributed by atoms with Gasteiger partial charge < -0.3 is 99.2 Å². The zero-order chi connectivity index (χ0) is 54.0. The summed E-state index contributed by atoms with van der Waals surface area (Å²) in [5, 5.41) is 128. The topological polar surface area (TPSA) is 334 Å². The number of hydrogen-bond donors (Lipinski definition) is 12. The molecule has 0 radical (unpaired) electrons. The Morgan fingerprint density at radius 3 is 1.97 bits per heavy atom. The van der Waals surface area contributed by atoms with E-state index < -0.39 is 141 Å². The van der Waals surface area contributed by atoms with Gasteiger partial charge in [0.15, 0.2) is 18.9 Å². The zero-order valence-corrected chi connectivity index (χ0v) is 44.1. The maximum Gasteiger partial charge on any atom is 0.315 e. The van der Waals surface area contributed by atoms with E-state index in [2.05, 4.69) is 54.5 Å². The molecule has 4 heterocycles. The molecule has 5 aliphatic carbocycles. The molecule has 9 rings (SSSR count). The number of aliphatic hydroxyl groups excluding tert-OH is 12. The van der Waals surface area contributed by atoms with Crippen LogP contribution in [0.2, 0.25) is 0 Å². The van der Waals surface area contributed by atoms with E-state index in [-0.39, 0.29) is 51.6 Å². The average molecular weight is 1060 g/mol. The van der Waals surface area contributed by atoms with E-state index in [0.717, 1.165) is 44.9 Å². The summed E-state index contributed by atoms with van der Waals surface area (Å²) in [6, 6.07) is 0. The summed E-state index contributed by atoms with van der Waals surface area (Å²) in [4.78, 5) is 15.1. The van der Waals surface area contributed by atoms with Gasteiger partial charge in [-0.15, -0.1) is 0 Å². The number of rotatable bonds is 10. The Balaban J connectivity index is 0.891. The summed E-state index contributed by atoms with van der Waals surface area (Å²) >= 11 is 0. The van der Waals surface area contributed by atoms with Gasteiger partial charge in [0.05, 0.1) is 37.4 Å². The highest BCUT2D eigenvalue weighted by Crippen LogP contribution is 2.76. The lowest BCUT2D eigenvalue weighted by Gasteiger charge is -2.71. The Hall–Kier alpha value is -1.55. The van der Waals surface area contributed by atoms with Crippen LogP contribution in [0.4, 0.5) is 0 Å². The lowest BCUT2D eigenvalue weighted by atomic mass is 9.33. The van der Waals surface area contributed by atoms with Crippen LogP contribution in [0, 0.1) is 50.2 Å². The predicted octanol–water partition coefficient (Wildman–Crippen LogP) is -0.369. The molecular weight excluding hydrogens is 973 g/mol. The first-order chi connectivity index (χ1) is 34.6. The van der Waals surface area contributed by atoms with Crippen LogP contribution in [0.5, 0.6) is 0 Å². The highest BCUT2D eigenvalue weighted by Gasteiger charge is 2.70. The minimum atomic E-state index is -1.86. The molecule has 0 bridgehead atoms. The smallest absolute Gasteiger partial charge is 0.315 e. The maximum atomic E-state index is 15.1. The molecule has 21 nitrogen and oxygen atoms in total. The third kappa shape index (κ3) is 9.27. The van der Waals surface area contributed by atoms with Crippen molar-refractivity contribution in [3.8, 4) is 0 Å². The molecule has 0 amide bonds. The SMILES string of the molecule is C[C@@H]1O[C@@H](O[C@H]2[C@H](O)[C@@H](O)[C@H](OC[C@H]3O[C@@H](OC(=O)[C@]45CCC(C)(C)C[C@H]4C4=CC[C@@H]6[C@@]7(C)CC[C@H](O[C@H]8OC[C@H](O)[C@H](O)[C@H]8O)C(C)(C)[C@@H]7CC[C@@]6(C)[C@]4(C)CC5)[C@H](O)[C@@H](O)[C@@H]3O)O[C@@H]2CO)[C@H](O)[C@H](O)[C@H]1O. The van der Waals surface area contributed by atoms with Crippen molar-refractivity contribution in [1.29, 1.82) is 0 Å². The van der Waals surface area contributed by atoms with Gasteiger partial charge in [0.2, 0.25) is 6.29 Å². The van der Waals surface area contributed by atoms with Crippen molar-refractivity contribution >= 4 is 5.97 Å². The van der Waals surface area contributed by atoms with E-state index in [1.807, 2.05) is 0 Å². The molecule has 0 aromatic heterocycles. The van der Waals surface area contributed by atoms with Gasteiger partial charge in [-0.3, -0.25) is 4.79 Å². The van der Waals surface area contributed by atoms with Gasteiger partial charge in [-0.1, -0.05) is 60.1 Å². The van der Waals surface area contributed by atoms with Crippen LogP contribution in [-0.2, 0) is 42.7 Å². The molecule has 424 valence electrons. The van der Waals surface area contributed by atoms with Crippen molar-refractivity contribution in [2.45, 2.75) is 242 Å². The Bertz CT molecular complexity index is 2040. The van der Waals surface area contributed by atoms with Gasteiger partial charge in [0.25, 0.3) is 0 Å².